The monoisotopic (exact) mass is 426 g/mol. The molecule has 0 fully saturated rings. The van der Waals surface area contributed by atoms with Gasteiger partial charge >= 0.3 is 0 Å². The summed E-state index contributed by atoms with van der Waals surface area (Å²) in [4.78, 5) is 15.9. The smallest absolute Gasteiger partial charge is 0.255 e. The molecule has 0 aliphatic heterocycles. The summed E-state index contributed by atoms with van der Waals surface area (Å²) in [5, 5.41) is 4.53. The number of para-hydroxylation sites is 1. The predicted octanol–water partition coefficient (Wildman–Crippen LogP) is 6.18. The van der Waals surface area contributed by atoms with Gasteiger partial charge in [-0.25, -0.2) is 4.39 Å². The van der Waals surface area contributed by atoms with Crippen LogP contribution in [0.5, 0.6) is 0 Å². The molecule has 4 aromatic rings. The van der Waals surface area contributed by atoms with Gasteiger partial charge in [-0.1, -0.05) is 65.7 Å². The molecular formula is C23H17Cl2FN2O. The number of carbonyl (C=O) groups is 1. The minimum Gasteiger partial charge on any atom is -0.361 e. The first-order valence-electron chi connectivity index (χ1n) is 9.09. The first-order valence-corrected chi connectivity index (χ1v) is 9.84. The molecule has 0 aliphatic carbocycles. The summed E-state index contributed by atoms with van der Waals surface area (Å²) < 4.78 is 14.1. The maximum atomic E-state index is 14.1. The molecule has 0 aliphatic rings. The van der Waals surface area contributed by atoms with E-state index < -0.39 is 11.7 Å². The van der Waals surface area contributed by atoms with E-state index in [1.54, 1.807) is 0 Å². The van der Waals surface area contributed by atoms with Crippen molar-refractivity contribution in [1.29, 1.82) is 0 Å². The van der Waals surface area contributed by atoms with Gasteiger partial charge in [0.2, 0.25) is 0 Å². The van der Waals surface area contributed by atoms with Crippen molar-refractivity contribution in [3.8, 4) is 0 Å². The Bertz CT molecular complexity index is 1170. The third-order valence-corrected chi connectivity index (χ3v) is 5.59. The summed E-state index contributed by atoms with van der Waals surface area (Å²) in [7, 11) is 0. The molecule has 0 saturated heterocycles. The summed E-state index contributed by atoms with van der Waals surface area (Å²) in [6, 6.07) is 19.6. The fraction of sp³-hybridized carbons (Fsp3) is 0.0870. The van der Waals surface area contributed by atoms with Crippen LogP contribution in [-0.4, -0.2) is 17.4 Å². The summed E-state index contributed by atoms with van der Waals surface area (Å²) in [5.74, 6) is -1.45. The summed E-state index contributed by atoms with van der Waals surface area (Å²) in [5.41, 5.74) is 2.70. The number of hydrogen-bond acceptors (Lipinski definition) is 1. The number of aromatic nitrogens is 1. The van der Waals surface area contributed by atoms with Crippen LogP contribution in [0.15, 0.2) is 72.9 Å². The Morgan fingerprint density at radius 2 is 1.66 bits per heavy atom. The molecule has 29 heavy (non-hydrogen) atoms. The van der Waals surface area contributed by atoms with Gasteiger partial charge in [-0.3, -0.25) is 4.79 Å². The van der Waals surface area contributed by atoms with Gasteiger partial charge in [0, 0.05) is 34.6 Å². The van der Waals surface area contributed by atoms with E-state index in [9.17, 15) is 9.18 Å². The SMILES string of the molecule is O=C(NCC(c1ccccc1Cl)c1c[nH]c2ccccc12)c1c(F)cccc1Cl. The third-order valence-electron chi connectivity index (χ3n) is 4.93. The minimum atomic E-state index is -0.656. The number of fused-ring (bicyclic) bond motifs is 1. The number of rotatable bonds is 5. The van der Waals surface area contributed by atoms with E-state index in [4.69, 9.17) is 23.2 Å². The van der Waals surface area contributed by atoms with Crippen LogP contribution in [0.25, 0.3) is 10.9 Å². The maximum absolute atomic E-state index is 14.1. The molecule has 146 valence electrons. The van der Waals surface area contributed by atoms with Crippen molar-refractivity contribution in [3.05, 3.63) is 105 Å². The Morgan fingerprint density at radius 1 is 0.931 bits per heavy atom. The van der Waals surface area contributed by atoms with Crippen LogP contribution in [-0.2, 0) is 0 Å². The largest absolute Gasteiger partial charge is 0.361 e. The summed E-state index contributed by atoms with van der Waals surface area (Å²) in [6.45, 7) is 0.231. The highest BCUT2D eigenvalue weighted by Gasteiger charge is 2.23. The molecule has 6 heteroatoms. The highest BCUT2D eigenvalue weighted by atomic mass is 35.5. The van der Waals surface area contributed by atoms with Gasteiger partial charge < -0.3 is 10.3 Å². The predicted molar refractivity (Wildman–Crippen MR) is 115 cm³/mol. The molecule has 0 saturated carbocycles. The summed E-state index contributed by atoms with van der Waals surface area (Å²) in [6.07, 6.45) is 1.92. The van der Waals surface area contributed by atoms with Gasteiger partial charge in [-0.2, -0.15) is 0 Å². The van der Waals surface area contributed by atoms with Gasteiger partial charge in [0.25, 0.3) is 5.91 Å². The topological polar surface area (TPSA) is 44.9 Å². The van der Waals surface area contributed by atoms with Crippen molar-refractivity contribution in [3.63, 3.8) is 0 Å². The second-order valence-electron chi connectivity index (χ2n) is 6.67. The zero-order chi connectivity index (χ0) is 20.4. The van der Waals surface area contributed by atoms with E-state index in [1.807, 2.05) is 54.7 Å². The van der Waals surface area contributed by atoms with Gasteiger partial charge in [-0.05, 0) is 35.4 Å². The molecule has 1 amide bonds. The Kier molecular flexibility index (Phi) is 5.56. The number of hydrogen-bond donors (Lipinski definition) is 2. The molecule has 1 atom stereocenters. The van der Waals surface area contributed by atoms with Crippen molar-refractivity contribution in [2.75, 3.05) is 6.54 Å². The van der Waals surface area contributed by atoms with Crippen LogP contribution in [0.3, 0.4) is 0 Å². The quantitative estimate of drug-likeness (QED) is 0.393. The molecule has 0 spiro atoms. The fourth-order valence-corrected chi connectivity index (χ4v) is 4.04. The van der Waals surface area contributed by atoms with Gasteiger partial charge in [0.1, 0.15) is 5.82 Å². The zero-order valence-corrected chi connectivity index (χ0v) is 16.8. The van der Waals surface area contributed by atoms with Gasteiger partial charge in [-0.15, -0.1) is 0 Å². The first-order chi connectivity index (χ1) is 14.1. The van der Waals surface area contributed by atoms with Crippen molar-refractivity contribution in [2.45, 2.75) is 5.92 Å². The van der Waals surface area contributed by atoms with E-state index in [1.165, 1.54) is 18.2 Å². The molecule has 0 radical (unpaired) electrons. The lowest BCUT2D eigenvalue weighted by Crippen LogP contribution is -2.30. The Balaban J connectivity index is 1.70. The lowest BCUT2D eigenvalue weighted by Gasteiger charge is -2.20. The Morgan fingerprint density at radius 3 is 2.45 bits per heavy atom. The molecule has 1 unspecified atom stereocenters. The molecule has 1 heterocycles. The van der Waals surface area contributed by atoms with Crippen LogP contribution in [0.1, 0.15) is 27.4 Å². The van der Waals surface area contributed by atoms with Crippen LogP contribution < -0.4 is 5.32 Å². The third kappa shape index (κ3) is 3.86. The number of amides is 1. The average Bonchev–Trinajstić information content (AvgIpc) is 3.13. The van der Waals surface area contributed by atoms with Crippen molar-refractivity contribution < 1.29 is 9.18 Å². The lowest BCUT2D eigenvalue weighted by molar-refractivity contribution is 0.0948. The molecule has 2 N–H and O–H groups in total. The van der Waals surface area contributed by atoms with Crippen molar-refractivity contribution in [2.24, 2.45) is 0 Å². The molecular weight excluding hydrogens is 410 g/mol. The molecule has 0 bridgehead atoms. The second-order valence-corrected chi connectivity index (χ2v) is 7.48. The number of halogens is 3. The average molecular weight is 427 g/mol. The Hall–Kier alpha value is -2.82. The Labute approximate surface area is 177 Å². The number of aromatic amines is 1. The normalized spacial score (nSPS) is 12.1. The highest BCUT2D eigenvalue weighted by molar-refractivity contribution is 6.33. The van der Waals surface area contributed by atoms with Crippen LogP contribution >= 0.6 is 23.2 Å². The highest BCUT2D eigenvalue weighted by Crippen LogP contribution is 2.34. The maximum Gasteiger partial charge on any atom is 0.255 e. The number of benzene rings is 3. The summed E-state index contributed by atoms with van der Waals surface area (Å²) >= 11 is 12.5. The second kappa shape index (κ2) is 8.27. The van der Waals surface area contributed by atoms with Crippen molar-refractivity contribution >= 4 is 40.0 Å². The zero-order valence-electron chi connectivity index (χ0n) is 15.3. The fourth-order valence-electron chi connectivity index (χ4n) is 3.53. The minimum absolute atomic E-state index is 0.0730. The molecule has 4 rings (SSSR count). The van der Waals surface area contributed by atoms with Gasteiger partial charge in [0.05, 0.1) is 10.6 Å². The standard InChI is InChI=1S/C23H17Cl2FN2O/c24-18-8-3-1-6-14(18)16(17-12-27-21-11-4-2-7-15(17)21)13-28-23(29)22-19(25)9-5-10-20(22)26/h1-12,16,27H,13H2,(H,28,29). The molecule has 1 aromatic heterocycles. The molecule has 3 nitrogen and oxygen atoms in total. The number of H-pyrrole nitrogens is 1. The van der Waals surface area contributed by atoms with E-state index >= 15 is 0 Å². The lowest BCUT2D eigenvalue weighted by atomic mass is 9.90. The number of nitrogens with one attached hydrogen (secondary N) is 2. The first kappa shape index (κ1) is 19.5. The van der Waals surface area contributed by atoms with E-state index in [-0.39, 0.29) is 23.0 Å². The van der Waals surface area contributed by atoms with Crippen molar-refractivity contribution in [1.82, 2.24) is 10.3 Å². The van der Waals surface area contributed by atoms with Gasteiger partial charge in [0.15, 0.2) is 0 Å². The van der Waals surface area contributed by atoms with Crippen LogP contribution in [0, 0.1) is 5.82 Å². The van der Waals surface area contributed by atoms with E-state index in [2.05, 4.69) is 10.3 Å². The van der Waals surface area contributed by atoms with E-state index in [0.717, 1.165) is 22.0 Å². The van der Waals surface area contributed by atoms with E-state index in [0.29, 0.717) is 5.02 Å². The van der Waals surface area contributed by atoms with Crippen LogP contribution in [0.4, 0.5) is 4.39 Å². The van der Waals surface area contributed by atoms with Crippen LogP contribution in [0.2, 0.25) is 10.0 Å². The molecule has 3 aromatic carbocycles. The number of carbonyl (C=O) groups excluding carboxylic acids is 1.